The van der Waals surface area contributed by atoms with Gasteiger partial charge in [-0.2, -0.15) is 0 Å². The molecule has 0 amide bonds. The first-order valence-corrected chi connectivity index (χ1v) is 3.47. The standard InChI is InChI=1S/C6H11NS/c1-7-4-2-3-6(7)5-8/h5-6H,2-4H2,1H3. The molecule has 0 N–H and O–H groups in total. The van der Waals surface area contributed by atoms with E-state index in [2.05, 4.69) is 11.9 Å². The lowest BCUT2D eigenvalue weighted by molar-refractivity contribution is 0.379. The third-order valence-electron chi connectivity index (χ3n) is 1.73. The smallest absolute Gasteiger partial charge is 0.0378 e. The van der Waals surface area contributed by atoms with Crippen LogP contribution in [0, 0.1) is 0 Å². The Labute approximate surface area is 55.7 Å². The number of thiocarbonyl (C=S) groups is 1. The largest absolute Gasteiger partial charge is 0.299 e. The lowest BCUT2D eigenvalue weighted by atomic mass is 10.2. The molecule has 46 valence electrons. The molecular formula is C6H11NS. The first kappa shape index (κ1) is 6.17. The minimum atomic E-state index is 0.588. The van der Waals surface area contributed by atoms with Gasteiger partial charge in [0.25, 0.3) is 0 Å². The van der Waals surface area contributed by atoms with Crippen LogP contribution in [0.25, 0.3) is 0 Å². The molecule has 1 aliphatic rings. The van der Waals surface area contributed by atoms with Crippen molar-refractivity contribution < 1.29 is 0 Å². The fraction of sp³-hybridized carbons (Fsp3) is 0.833. The van der Waals surface area contributed by atoms with E-state index in [4.69, 9.17) is 12.2 Å². The summed E-state index contributed by atoms with van der Waals surface area (Å²) in [4.78, 5) is 2.30. The minimum absolute atomic E-state index is 0.588. The lowest BCUT2D eigenvalue weighted by Crippen LogP contribution is -2.24. The van der Waals surface area contributed by atoms with E-state index in [0.29, 0.717) is 6.04 Å². The number of hydrogen-bond donors (Lipinski definition) is 0. The van der Waals surface area contributed by atoms with Gasteiger partial charge in [-0.05, 0) is 31.8 Å². The Bertz CT molecular complexity index is 92.5. The Morgan fingerprint density at radius 1 is 1.75 bits per heavy atom. The maximum absolute atomic E-state index is 4.82. The second-order valence-corrected chi connectivity index (χ2v) is 2.60. The molecule has 1 fully saturated rings. The van der Waals surface area contributed by atoms with Gasteiger partial charge in [-0.1, -0.05) is 12.2 Å². The van der Waals surface area contributed by atoms with Crippen molar-refractivity contribution in [1.29, 1.82) is 0 Å². The molecule has 8 heavy (non-hydrogen) atoms. The Morgan fingerprint density at radius 3 is 2.75 bits per heavy atom. The highest BCUT2D eigenvalue weighted by Gasteiger charge is 2.16. The van der Waals surface area contributed by atoms with Crippen LogP contribution in [0.2, 0.25) is 0 Å². The Balaban J connectivity index is 2.41. The molecule has 0 radical (unpaired) electrons. The second-order valence-electron chi connectivity index (χ2n) is 2.33. The maximum atomic E-state index is 4.82. The normalized spacial score (nSPS) is 30.9. The molecule has 1 nitrogen and oxygen atoms in total. The van der Waals surface area contributed by atoms with Crippen molar-refractivity contribution in [2.75, 3.05) is 13.6 Å². The predicted octanol–water partition coefficient (Wildman–Crippen LogP) is 1.08. The Kier molecular flexibility index (Phi) is 1.97. The third-order valence-corrected chi connectivity index (χ3v) is 2.05. The predicted molar refractivity (Wildman–Crippen MR) is 39.3 cm³/mol. The average molecular weight is 129 g/mol. The summed E-state index contributed by atoms with van der Waals surface area (Å²) in [5.41, 5.74) is 0. The van der Waals surface area contributed by atoms with Gasteiger partial charge in [0.1, 0.15) is 0 Å². The molecule has 1 heterocycles. The van der Waals surface area contributed by atoms with E-state index in [-0.39, 0.29) is 0 Å². The van der Waals surface area contributed by atoms with Crippen molar-refractivity contribution in [3.63, 3.8) is 0 Å². The zero-order chi connectivity index (χ0) is 5.98. The molecule has 1 unspecified atom stereocenters. The quantitative estimate of drug-likeness (QED) is 0.487. The summed E-state index contributed by atoms with van der Waals surface area (Å²) in [6.07, 6.45) is 2.58. The topological polar surface area (TPSA) is 3.24 Å². The van der Waals surface area contributed by atoms with Gasteiger partial charge in [-0.25, -0.2) is 0 Å². The van der Waals surface area contributed by atoms with Gasteiger partial charge in [0.2, 0.25) is 0 Å². The molecule has 0 aromatic rings. The van der Waals surface area contributed by atoms with Gasteiger partial charge in [0.05, 0.1) is 0 Å². The zero-order valence-corrected chi connectivity index (χ0v) is 5.95. The van der Waals surface area contributed by atoms with E-state index in [1.807, 2.05) is 5.37 Å². The van der Waals surface area contributed by atoms with Crippen molar-refractivity contribution in [2.24, 2.45) is 0 Å². The number of rotatable bonds is 1. The molecule has 1 saturated heterocycles. The molecule has 0 saturated carbocycles. The first-order valence-electron chi connectivity index (χ1n) is 3.00. The molecule has 1 aliphatic heterocycles. The summed E-state index contributed by atoms with van der Waals surface area (Å²) in [5, 5.41) is 1.87. The van der Waals surface area contributed by atoms with Crippen LogP contribution in [0.1, 0.15) is 12.8 Å². The van der Waals surface area contributed by atoms with Crippen LogP contribution >= 0.6 is 12.2 Å². The molecule has 0 aromatic carbocycles. The van der Waals surface area contributed by atoms with Crippen LogP contribution in [0.3, 0.4) is 0 Å². The van der Waals surface area contributed by atoms with E-state index in [1.54, 1.807) is 0 Å². The minimum Gasteiger partial charge on any atom is -0.299 e. The van der Waals surface area contributed by atoms with Gasteiger partial charge < -0.3 is 0 Å². The highest BCUT2D eigenvalue weighted by atomic mass is 32.1. The van der Waals surface area contributed by atoms with E-state index < -0.39 is 0 Å². The van der Waals surface area contributed by atoms with Crippen LogP contribution in [0.5, 0.6) is 0 Å². The molecule has 0 spiro atoms. The molecule has 1 rings (SSSR count). The number of hydrogen-bond acceptors (Lipinski definition) is 2. The molecule has 0 aromatic heterocycles. The highest BCUT2D eigenvalue weighted by Crippen LogP contribution is 2.11. The van der Waals surface area contributed by atoms with Crippen molar-refractivity contribution >= 4 is 17.6 Å². The lowest BCUT2D eigenvalue weighted by Gasteiger charge is -2.12. The molecule has 1 atom stereocenters. The van der Waals surface area contributed by atoms with Gasteiger partial charge in [0, 0.05) is 6.04 Å². The van der Waals surface area contributed by atoms with Crippen molar-refractivity contribution in [1.82, 2.24) is 4.90 Å². The highest BCUT2D eigenvalue weighted by molar-refractivity contribution is 7.79. The van der Waals surface area contributed by atoms with E-state index in [9.17, 15) is 0 Å². The monoisotopic (exact) mass is 129 g/mol. The summed E-state index contributed by atoms with van der Waals surface area (Å²) < 4.78 is 0. The summed E-state index contributed by atoms with van der Waals surface area (Å²) >= 11 is 4.82. The van der Waals surface area contributed by atoms with Crippen molar-refractivity contribution in [3.8, 4) is 0 Å². The number of nitrogens with zero attached hydrogens (tertiary/aromatic N) is 1. The van der Waals surface area contributed by atoms with E-state index in [1.165, 1.54) is 19.4 Å². The second kappa shape index (κ2) is 2.55. The van der Waals surface area contributed by atoms with Crippen LogP contribution in [-0.4, -0.2) is 29.9 Å². The summed E-state index contributed by atoms with van der Waals surface area (Å²) in [6, 6.07) is 0.588. The van der Waals surface area contributed by atoms with Gasteiger partial charge in [-0.15, -0.1) is 0 Å². The first-order chi connectivity index (χ1) is 3.84. The van der Waals surface area contributed by atoms with Gasteiger partial charge >= 0.3 is 0 Å². The van der Waals surface area contributed by atoms with Crippen LogP contribution in [0.4, 0.5) is 0 Å². The molecule has 0 bridgehead atoms. The maximum Gasteiger partial charge on any atom is 0.0378 e. The zero-order valence-electron chi connectivity index (χ0n) is 5.13. The Morgan fingerprint density at radius 2 is 2.50 bits per heavy atom. The van der Waals surface area contributed by atoms with Crippen LogP contribution in [0.15, 0.2) is 0 Å². The van der Waals surface area contributed by atoms with E-state index in [0.717, 1.165) is 0 Å². The fourth-order valence-corrected chi connectivity index (χ4v) is 1.45. The molecular weight excluding hydrogens is 118 g/mol. The summed E-state index contributed by atoms with van der Waals surface area (Å²) in [7, 11) is 2.13. The average Bonchev–Trinajstić information content (AvgIpc) is 2.14. The van der Waals surface area contributed by atoms with Crippen LogP contribution < -0.4 is 0 Å². The molecule has 0 aliphatic carbocycles. The van der Waals surface area contributed by atoms with E-state index >= 15 is 0 Å². The SMILES string of the molecule is CN1CCCC1C=S. The molecule has 2 heteroatoms. The van der Waals surface area contributed by atoms with Gasteiger partial charge in [-0.3, -0.25) is 4.90 Å². The summed E-state index contributed by atoms with van der Waals surface area (Å²) in [5.74, 6) is 0. The van der Waals surface area contributed by atoms with Crippen LogP contribution in [-0.2, 0) is 0 Å². The summed E-state index contributed by atoms with van der Waals surface area (Å²) in [6.45, 7) is 1.22. The third kappa shape index (κ3) is 1.06. The number of likely N-dealkylation sites (tertiary alicyclic amines) is 1. The van der Waals surface area contributed by atoms with Gasteiger partial charge in [0.15, 0.2) is 0 Å². The van der Waals surface area contributed by atoms with Crippen molar-refractivity contribution in [2.45, 2.75) is 18.9 Å². The fourth-order valence-electron chi connectivity index (χ4n) is 1.11. The van der Waals surface area contributed by atoms with Crippen molar-refractivity contribution in [3.05, 3.63) is 0 Å². The Hall–Kier alpha value is 0.0500.